The van der Waals surface area contributed by atoms with Gasteiger partial charge in [-0.2, -0.15) is 13.2 Å². The first-order chi connectivity index (χ1) is 13.1. The zero-order valence-corrected chi connectivity index (χ0v) is 16.3. The maximum absolute atomic E-state index is 9.67. The Hall–Kier alpha value is -1.57. The van der Waals surface area contributed by atoms with Gasteiger partial charge in [-0.1, -0.05) is 42.3 Å². The van der Waals surface area contributed by atoms with E-state index < -0.39 is 6.68 Å². The highest BCUT2D eigenvalue weighted by Gasteiger charge is 2.22. The van der Waals surface area contributed by atoms with Crippen LogP contribution in [0.5, 0.6) is 0 Å². The molecule has 1 saturated heterocycles. The number of nitrogens with one attached hydrogen (secondary N) is 1. The minimum Gasteiger partial charge on any atom is -0.298 e. The highest BCUT2D eigenvalue weighted by Crippen LogP contribution is 2.26. The second-order valence-corrected chi connectivity index (χ2v) is 7.11. The molecule has 0 amide bonds. The number of likely N-dealkylation sites (tertiary alicyclic amines) is 1. The number of pyridine rings is 1. The number of rotatable bonds is 6. The molecule has 1 fully saturated rings. The Kier molecular flexibility index (Phi) is 9.66. The minimum absolute atomic E-state index is 0.579. The van der Waals surface area contributed by atoms with E-state index in [1.807, 2.05) is 12.3 Å². The minimum atomic E-state index is -3.67. The lowest BCUT2D eigenvalue weighted by Gasteiger charge is -2.32. The Labute approximate surface area is 163 Å². The number of hydrogen-bond acceptors (Lipinski definition) is 4. The molecule has 148 valence electrons. The predicted octanol–water partition coefficient (Wildman–Crippen LogP) is 5.01. The first kappa shape index (κ1) is 21.7. The van der Waals surface area contributed by atoms with Crippen LogP contribution in [-0.4, -0.2) is 35.9 Å². The van der Waals surface area contributed by atoms with E-state index in [0.29, 0.717) is 5.92 Å². The quantitative estimate of drug-likeness (QED) is 0.694. The number of aromatic nitrogens is 1. The Morgan fingerprint density at radius 1 is 1.15 bits per heavy atom. The smallest absolute Gasteiger partial charge is 0.298 e. The Morgan fingerprint density at radius 2 is 1.85 bits per heavy atom. The van der Waals surface area contributed by atoms with Crippen molar-refractivity contribution >= 4 is 11.9 Å². The van der Waals surface area contributed by atoms with Crippen LogP contribution in [0.25, 0.3) is 0 Å². The maximum atomic E-state index is 9.67. The second kappa shape index (κ2) is 12.0. The monoisotopic (exact) mass is 397 g/mol. The summed E-state index contributed by atoms with van der Waals surface area (Å²) >= 11 is 1.66. The average molecular weight is 398 g/mol. The van der Waals surface area contributed by atoms with Gasteiger partial charge in [-0.05, 0) is 48.9 Å². The number of halogens is 3. The highest BCUT2D eigenvalue weighted by atomic mass is 32.2. The lowest BCUT2D eigenvalue weighted by Crippen LogP contribution is -2.34. The van der Waals surface area contributed by atoms with E-state index in [1.54, 1.807) is 11.9 Å². The molecule has 0 aliphatic carbocycles. The standard InChI is InChI=1S/C19H25N3S.CHF3/c1-23-21-13-16-7-9-17(10-8-16)14-22-12-4-5-18(15-22)19-6-2-3-11-20-19;2-1(3)4/h2-3,6-11,18,21H,4-5,12-15H2,1H3;1H. The van der Waals surface area contributed by atoms with Crippen LogP contribution in [0.3, 0.4) is 0 Å². The third-order valence-corrected chi connectivity index (χ3v) is 4.89. The number of alkyl halides is 3. The lowest BCUT2D eigenvalue weighted by molar-refractivity contribution is 0.00819. The Bertz CT molecular complexity index is 638. The van der Waals surface area contributed by atoms with Crippen LogP contribution < -0.4 is 4.72 Å². The predicted molar refractivity (Wildman–Crippen MR) is 105 cm³/mol. The highest BCUT2D eigenvalue weighted by molar-refractivity contribution is 7.96. The van der Waals surface area contributed by atoms with E-state index in [-0.39, 0.29) is 0 Å². The molecule has 3 nitrogen and oxygen atoms in total. The summed E-state index contributed by atoms with van der Waals surface area (Å²) < 4.78 is 32.3. The summed E-state index contributed by atoms with van der Waals surface area (Å²) in [6.45, 7) is 0.610. The van der Waals surface area contributed by atoms with E-state index in [9.17, 15) is 13.2 Å². The normalized spacial score (nSPS) is 17.4. The number of hydrogen-bond donors (Lipinski definition) is 1. The summed E-state index contributed by atoms with van der Waals surface area (Å²) in [7, 11) is 0. The first-order valence-corrected chi connectivity index (χ1v) is 10.2. The first-order valence-electron chi connectivity index (χ1n) is 8.97. The van der Waals surface area contributed by atoms with Crippen molar-refractivity contribution in [3.05, 3.63) is 65.5 Å². The SMILES string of the molecule is CSNCc1ccc(CN2CCCC(c3ccccn3)C2)cc1.FC(F)F. The summed E-state index contributed by atoms with van der Waals surface area (Å²) in [6.07, 6.45) is 6.49. The fourth-order valence-electron chi connectivity index (χ4n) is 3.23. The van der Waals surface area contributed by atoms with E-state index in [1.165, 1.54) is 36.2 Å². The summed E-state index contributed by atoms with van der Waals surface area (Å²) in [5.41, 5.74) is 3.99. The molecule has 1 aromatic heterocycles. The second-order valence-electron chi connectivity index (χ2n) is 6.42. The third kappa shape index (κ3) is 8.32. The van der Waals surface area contributed by atoms with Gasteiger partial charge in [0.25, 0.3) is 0 Å². The molecule has 1 aliphatic heterocycles. The van der Waals surface area contributed by atoms with Gasteiger partial charge in [-0.15, -0.1) is 0 Å². The zero-order valence-electron chi connectivity index (χ0n) is 15.5. The third-order valence-electron chi connectivity index (χ3n) is 4.46. The van der Waals surface area contributed by atoms with Crippen molar-refractivity contribution in [3.63, 3.8) is 0 Å². The van der Waals surface area contributed by atoms with Gasteiger partial charge in [0.1, 0.15) is 0 Å². The molecule has 7 heteroatoms. The van der Waals surface area contributed by atoms with Gasteiger partial charge < -0.3 is 0 Å². The van der Waals surface area contributed by atoms with E-state index in [2.05, 4.69) is 57.3 Å². The maximum Gasteiger partial charge on any atom is 0.379 e. The molecule has 1 aromatic carbocycles. The summed E-state index contributed by atoms with van der Waals surface area (Å²) in [5, 5.41) is 0. The van der Waals surface area contributed by atoms with Crippen molar-refractivity contribution in [2.24, 2.45) is 0 Å². The molecule has 1 unspecified atom stereocenters. The summed E-state index contributed by atoms with van der Waals surface area (Å²) in [4.78, 5) is 7.12. The van der Waals surface area contributed by atoms with Crippen LogP contribution >= 0.6 is 11.9 Å². The fourth-order valence-corrected chi connectivity index (χ4v) is 3.55. The Balaban J connectivity index is 0.000000596. The van der Waals surface area contributed by atoms with Gasteiger partial charge in [0.2, 0.25) is 0 Å². The van der Waals surface area contributed by atoms with Crippen LogP contribution in [0.2, 0.25) is 0 Å². The van der Waals surface area contributed by atoms with E-state index in [4.69, 9.17) is 0 Å². The number of piperidine rings is 1. The molecular weight excluding hydrogens is 371 g/mol. The van der Waals surface area contributed by atoms with Gasteiger partial charge in [-0.3, -0.25) is 14.6 Å². The summed E-state index contributed by atoms with van der Waals surface area (Å²) in [6, 6.07) is 15.3. The van der Waals surface area contributed by atoms with E-state index in [0.717, 1.165) is 19.6 Å². The van der Waals surface area contributed by atoms with Crippen molar-refractivity contribution in [2.75, 3.05) is 19.3 Å². The molecule has 0 bridgehead atoms. The van der Waals surface area contributed by atoms with Crippen LogP contribution in [0, 0.1) is 0 Å². The molecule has 1 atom stereocenters. The van der Waals surface area contributed by atoms with E-state index >= 15 is 0 Å². The number of nitrogens with zero attached hydrogens (tertiary/aromatic N) is 2. The molecule has 27 heavy (non-hydrogen) atoms. The molecule has 2 aromatic rings. The van der Waals surface area contributed by atoms with Gasteiger partial charge in [0.15, 0.2) is 0 Å². The molecule has 1 N–H and O–H groups in total. The van der Waals surface area contributed by atoms with Crippen molar-refractivity contribution in [2.45, 2.75) is 38.5 Å². The molecule has 2 heterocycles. The molecule has 1 aliphatic rings. The molecular formula is C20H26F3N3S. The molecule has 0 spiro atoms. The van der Waals surface area contributed by atoms with Gasteiger partial charge in [-0.25, -0.2) is 0 Å². The van der Waals surface area contributed by atoms with Crippen molar-refractivity contribution in [3.8, 4) is 0 Å². The van der Waals surface area contributed by atoms with Crippen LogP contribution in [0.4, 0.5) is 13.2 Å². The van der Waals surface area contributed by atoms with Crippen LogP contribution in [0.15, 0.2) is 48.7 Å². The van der Waals surface area contributed by atoms with Crippen molar-refractivity contribution in [1.29, 1.82) is 0 Å². The molecule has 3 rings (SSSR count). The molecule has 0 saturated carbocycles. The fraction of sp³-hybridized carbons (Fsp3) is 0.450. The van der Waals surface area contributed by atoms with Crippen LogP contribution in [0.1, 0.15) is 35.6 Å². The summed E-state index contributed by atoms with van der Waals surface area (Å²) in [5.74, 6) is 0.579. The Morgan fingerprint density at radius 3 is 2.48 bits per heavy atom. The van der Waals surface area contributed by atoms with Gasteiger partial charge in [0.05, 0.1) is 0 Å². The van der Waals surface area contributed by atoms with Crippen LogP contribution in [-0.2, 0) is 13.1 Å². The average Bonchev–Trinajstić information content (AvgIpc) is 2.68. The topological polar surface area (TPSA) is 28.2 Å². The zero-order chi connectivity index (χ0) is 19.5. The van der Waals surface area contributed by atoms with Crippen molar-refractivity contribution < 1.29 is 13.2 Å². The van der Waals surface area contributed by atoms with Gasteiger partial charge >= 0.3 is 6.68 Å². The van der Waals surface area contributed by atoms with Gasteiger partial charge in [0, 0.05) is 37.4 Å². The number of benzene rings is 1. The lowest BCUT2D eigenvalue weighted by atomic mass is 9.94. The molecule has 0 radical (unpaired) electrons. The van der Waals surface area contributed by atoms with Crippen molar-refractivity contribution in [1.82, 2.24) is 14.6 Å². The largest absolute Gasteiger partial charge is 0.379 e.